The lowest BCUT2D eigenvalue weighted by molar-refractivity contribution is 0.443. The quantitative estimate of drug-likeness (QED) is 0.662. The van der Waals surface area contributed by atoms with Crippen molar-refractivity contribution in [2.45, 2.75) is 6.04 Å². The Morgan fingerprint density at radius 3 is 2.15 bits per heavy atom. The first-order valence-corrected chi connectivity index (χ1v) is 6.08. The largest absolute Gasteiger partial charge is 0.309 e. The highest BCUT2D eigenvalue weighted by molar-refractivity contribution is 6.31. The molecule has 0 aliphatic carbocycles. The van der Waals surface area contributed by atoms with Crippen molar-refractivity contribution in [3.8, 4) is 0 Å². The zero-order valence-corrected chi connectivity index (χ0v) is 11.1. The molecule has 0 spiro atoms. The standard InChI is InChI=1S/C14H10ClF4N/c1-20-14(9-6-8(16)2-3-10(9)15)7-4-11(17)13(19)12(18)5-7/h2-6,14,20H,1H3. The fourth-order valence-electron chi connectivity index (χ4n) is 1.98. The van der Waals surface area contributed by atoms with Crippen molar-refractivity contribution in [3.05, 3.63) is 69.8 Å². The molecule has 0 bridgehead atoms. The monoisotopic (exact) mass is 303 g/mol. The van der Waals surface area contributed by atoms with E-state index < -0.39 is 29.3 Å². The summed E-state index contributed by atoms with van der Waals surface area (Å²) >= 11 is 5.96. The topological polar surface area (TPSA) is 12.0 Å². The van der Waals surface area contributed by atoms with Gasteiger partial charge in [0.15, 0.2) is 17.5 Å². The summed E-state index contributed by atoms with van der Waals surface area (Å²) in [5, 5.41) is 3.00. The predicted octanol–water partition coefficient (Wildman–Crippen LogP) is 4.21. The van der Waals surface area contributed by atoms with Gasteiger partial charge in [0.1, 0.15) is 5.82 Å². The van der Waals surface area contributed by atoms with E-state index in [2.05, 4.69) is 5.32 Å². The maximum atomic E-state index is 13.3. The summed E-state index contributed by atoms with van der Waals surface area (Å²) in [7, 11) is 1.52. The van der Waals surface area contributed by atoms with E-state index in [1.165, 1.54) is 19.2 Å². The van der Waals surface area contributed by atoms with Gasteiger partial charge in [-0.2, -0.15) is 0 Å². The van der Waals surface area contributed by atoms with Crippen LogP contribution in [0.15, 0.2) is 30.3 Å². The summed E-state index contributed by atoms with van der Waals surface area (Å²) in [5.41, 5.74) is 0.413. The minimum atomic E-state index is -1.55. The van der Waals surface area contributed by atoms with Gasteiger partial charge in [-0.3, -0.25) is 0 Å². The zero-order chi connectivity index (χ0) is 14.9. The molecular formula is C14H10ClF4N. The van der Waals surface area contributed by atoms with Crippen LogP contribution in [0.1, 0.15) is 17.2 Å². The first kappa shape index (κ1) is 14.8. The Morgan fingerprint density at radius 2 is 1.60 bits per heavy atom. The van der Waals surface area contributed by atoms with Gasteiger partial charge in [-0.1, -0.05) is 11.6 Å². The summed E-state index contributed by atoms with van der Waals surface area (Å²) in [6, 6.07) is 4.60. The Hall–Kier alpha value is -1.59. The van der Waals surface area contributed by atoms with Crippen LogP contribution in [-0.2, 0) is 0 Å². The molecule has 0 aromatic heterocycles. The minimum Gasteiger partial charge on any atom is -0.309 e. The van der Waals surface area contributed by atoms with Crippen LogP contribution in [0, 0.1) is 23.3 Å². The van der Waals surface area contributed by atoms with E-state index in [1.54, 1.807) is 0 Å². The van der Waals surface area contributed by atoms with Gasteiger partial charge in [0.05, 0.1) is 6.04 Å². The van der Waals surface area contributed by atoms with Crippen molar-refractivity contribution in [2.75, 3.05) is 7.05 Å². The Morgan fingerprint density at radius 1 is 1.00 bits per heavy atom. The van der Waals surface area contributed by atoms with Crippen LogP contribution >= 0.6 is 11.6 Å². The molecule has 0 radical (unpaired) electrons. The van der Waals surface area contributed by atoms with E-state index in [4.69, 9.17) is 11.6 Å². The number of hydrogen-bond acceptors (Lipinski definition) is 1. The smallest absolute Gasteiger partial charge is 0.194 e. The van der Waals surface area contributed by atoms with Crippen molar-refractivity contribution in [3.63, 3.8) is 0 Å². The number of benzene rings is 2. The van der Waals surface area contributed by atoms with Gasteiger partial charge in [0.25, 0.3) is 0 Å². The fraction of sp³-hybridized carbons (Fsp3) is 0.143. The fourth-order valence-corrected chi connectivity index (χ4v) is 2.21. The molecule has 0 aliphatic heterocycles. The number of rotatable bonds is 3. The van der Waals surface area contributed by atoms with Gasteiger partial charge in [0, 0.05) is 5.02 Å². The summed E-state index contributed by atoms with van der Waals surface area (Å²) in [6.07, 6.45) is 0. The molecule has 2 aromatic rings. The van der Waals surface area contributed by atoms with Crippen LogP contribution in [0.5, 0.6) is 0 Å². The molecule has 0 saturated carbocycles. The molecule has 0 aliphatic rings. The Balaban J connectivity index is 2.55. The normalized spacial score (nSPS) is 12.5. The molecular weight excluding hydrogens is 294 g/mol. The van der Waals surface area contributed by atoms with Crippen molar-refractivity contribution >= 4 is 11.6 Å². The molecule has 0 heterocycles. The van der Waals surface area contributed by atoms with E-state index in [0.29, 0.717) is 5.56 Å². The Kier molecular flexibility index (Phi) is 4.30. The number of nitrogens with one attached hydrogen (secondary N) is 1. The van der Waals surface area contributed by atoms with Crippen LogP contribution in [0.3, 0.4) is 0 Å². The summed E-state index contributed by atoms with van der Waals surface area (Å²) < 4.78 is 52.8. The maximum Gasteiger partial charge on any atom is 0.194 e. The molecule has 2 aromatic carbocycles. The lowest BCUT2D eigenvalue weighted by atomic mass is 9.98. The molecule has 0 saturated heterocycles. The highest BCUT2D eigenvalue weighted by Gasteiger charge is 2.20. The molecule has 1 unspecified atom stereocenters. The van der Waals surface area contributed by atoms with E-state index in [0.717, 1.165) is 18.2 Å². The van der Waals surface area contributed by atoms with Crippen LogP contribution in [0.2, 0.25) is 5.02 Å². The van der Waals surface area contributed by atoms with Crippen LogP contribution in [0.25, 0.3) is 0 Å². The third-order valence-corrected chi connectivity index (χ3v) is 3.24. The van der Waals surface area contributed by atoms with Crippen molar-refractivity contribution in [1.29, 1.82) is 0 Å². The summed E-state index contributed by atoms with van der Waals surface area (Å²) in [4.78, 5) is 0. The van der Waals surface area contributed by atoms with Gasteiger partial charge in [-0.05, 0) is 48.5 Å². The highest BCUT2D eigenvalue weighted by Crippen LogP contribution is 2.30. The second-order valence-corrected chi connectivity index (χ2v) is 4.59. The predicted molar refractivity (Wildman–Crippen MR) is 68.6 cm³/mol. The van der Waals surface area contributed by atoms with Gasteiger partial charge in [0.2, 0.25) is 0 Å². The van der Waals surface area contributed by atoms with Crippen molar-refractivity contribution in [1.82, 2.24) is 5.32 Å². The van der Waals surface area contributed by atoms with Crippen molar-refractivity contribution in [2.24, 2.45) is 0 Å². The highest BCUT2D eigenvalue weighted by atomic mass is 35.5. The van der Waals surface area contributed by atoms with Gasteiger partial charge >= 0.3 is 0 Å². The molecule has 0 fully saturated rings. The average Bonchev–Trinajstić information content (AvgIpc) is 2.40. The number of hydrogen-bond donors (Lipinski definition) is 1. The zero-order valence-electron chi connectivity index (χ0n) is 10.4. The second-order valence-electron chi connectivity index (χ2n) is 4.19. The number of halogens is 5. The van der Waals surface area contributed by atoms with E-state index in [1.807, 2.05) is 0 Å². The molecule has 0 amide bonds. The lowest BCUT2D eigenvalue weighted by Crippen LogP contribution is -2.19. The molecule has 6 heteroatoms. The molecule has 106 valence electrons. The van der Waals surface area contributed by atoms with Crippen LogP contribution < -0.4 is 5.32 Å². The SMILES string of the molecule is CNC(c1cc(F)c(F)c(F)c1)c1cc(F)ccc1Cl. The first-order valence-electron chi connectivity index (χ1n) is 5.70. The van der Waals surface area contributed by atoms with Crippen LogP contribution in [-0.4, -0.2) is 7.05 Å². The minimum absolute atomic E-state index is 0.108. The average molecular weight is 304 g/mol. The maximum absolute atomic E-state index is 13.3. The second kappa shape index (κ2) is 5.81. The lowest BCUT2D eigenvalue weighted by Gasteiger charge is -2.19. The summed E-state index contributed by atoms with van der Waals surface area (Å²) in [5.74, 6) is -4.71. The molecule has 20 heavy (non-hydrogen) atoms. The molecule has 1 atom stereocenters. The molecule has 1 N–H and O–H groups in total. The van der Waals surface area contributed by atoms with Crippen molar-refractivity contribution < 1.29 is 17.6 Å². The van der Waals surface area contributed by atoms with E-state index in [-0.39, 0.29) is 10.6 Å². The third-order valence-electron chi connectivity index (χ3n) is 2.90. The summed E-state index contributed by atoms with van der Waals surface area (Å²) in [6.45, 7) is 0. The Labute approximate surface area is 118 Å². The molecule has 1 nitrogen and oxygen atoms in total. The van der Waals surface area contributed by atoms with Gasteiger partial charge in [-0.15, -0.1) is 0 Å². The third kappa shape index (κ3) is 2.78. The van der Waals surface area contributed by atoms with Crippen LogP contribution in [0.4, 0.5) is 17.6 Å². The van der Waals surface area contributed by atoms with Gasteiger partial charge in [-0.25, -0.2) is 17.6 Å². The van der Waals surface area contributed by atoms with E-state index >= 15 is 0 Å². The van der Waals surface area contributed by atoms with Gasteiger partial charge < -0.3 is 5.32 Å². The van der Waals surface area contributed by atoms with E-state index in [9.17, 15) is 17.6 Å². The first-order chi connectivity index (χ1) is 9.43. The molecule has 2 rings (SSSR count). The Bertz CT molecular complexity index is 622.